The Morgan fingerprint density at radius 3 is 2.81 bits per heavy atom. The summed E-state index contributed by atoms with van der Waals surface area (Å²) < 4.78 is 13.7. The van der Waals surface area contributed by atoms with Crippen LogP contribution in [0, 0.1) is 5.82 Å². The lowest BCUT2D eigenvalue weighted by Crippen LogP contribution is -2.25. The summed E-state index contributed by atoms with van der Waals surface area (Å²) in [5.74, 6) is 1.47. The first-order valence-electron chi connectivity index (χ1n) is 8.89. The molecule has 26 heavy (non-hydrogen) atoms. The molecule has 0 amide bonds. The van der Waals surface area contributed by atoms with Crippen molar-refractivity contribution in [2.75, 3.05) is 16.8 Å². The minimum atomic E-state index is -0.167. The maximum absolute atomic E-state index is 13.7. The van der Waals surface area contributed by atoms with Gasteiger partial charge in [0, 0.05) is 24.3 Å². The molecule has 0 fully saturated rings. The molecule has 1 unspecified atom stereocenters. The summed E-state index contributed by atoms with van der Waals surface area (Å²) in [6.45, 7) is 2.82. The number of nitrogens with one attached hydrogen (secondary N) is 1. The van der Waals surface area contributed by atoms with Crippen LogP contribution in [0.25, 0.3) is 0 Å². The van der Waals surface area contributed by atoms with Gasteiger partial charge in [-0.3, -0.25) is 0 Å². The Bertz CT molecular complexity index is 912. The predicted molar refractivity (Wildman–Crippen MR) is 102 cm³/mol. The molecule has 1 aliphatic heterocycles. The average Bonchev–Trinajstić information content (AvgIpc) is 2.99. The molecule has 5 heteroatoms. The van der Waals surface area contributed by atoms with Crippen LogP contribution in [0.4, 0.5) is 21.7 Å². The number of hydrogen-bond donors (Lipinski definition) is 1. The summed E-state index contributed by atoms with van der Waals surface area (Å²) in [7, 11) is 0. The third kappa shape index (κ3) is 3.25. The molecule has 0 bridgehead atoms. The molecular weight excluding hydrogens is 327 g/mol. The highest BCUT2D eigenvalue weighted by atomic mass is 19.1. The van der Waals surface area contributed by atoms with E-state index in [4.69, 9.17) is 0 Å². The first-order chi connectivity index (χ1) is 12.7. The molecule has 0 spiro atoms. The third-order valence-corrected chi connectivity index (χ3v) is 4.77. The Balaban J connectivity index is 1.48. The molecule has 0 aliphatic carbocycles. The molecule has 4 nitrogen and oxygen atoms in total. The predicted octanol–water partition coefficient (Wildman–Crippen LogP) is 4.35. The van der Waals surface area contributed by atoms with Crippen LogP contribution in [0.3, 0.4) is 0 Å². The van der Waals surface area contributed by atoms with E-state index in [-0.39, 0.29) is 5.82 Å². The zero-order valence-corrected chi connectivity index (χ0v) is 14.7. The number of fused-ring (bicyclic) bond motifs is 1. The SMILES string of the molecule is CC1Cc2ccccc2N1c1cc(NCCc2ccccc2F)ncn1. The molecule has 1 aromatic heterocycles. The van der Waals surface area contributed by atoms with Crippen molar-refractivity contribution in [2.24, 2.45) is 0 Å². The number of rotatable bonds is 5. The molecule has 2 heterocycles. The highest BCUT2D eigenvalue weighted by Crippen LogP contribution is 2.37. The molecule has 0 saturated heterocycles. The van der Waals surface area contributed by atoms with Crippen LogP contribution in [0.2, 0.25) is 0 Å². The lowest BCUT2D eigenvalue weighted by molar-refractivity contribution is 0.610. The van der Waals surface area contributed by atoms with Crippen molar-refractivity contribution in [1.82, 2.24) is 9.97 Å². The maximum atomic E-state index is 13.7. The van der Waals surface area contributed by atoms with E-state index < -0.39 is 0 Å². The molecule has 3 aromatic rings. The van der Waals surface area contributed by atoms with Gasteiger partial charge in [0.25, 0.3) is 0 Å². The van der Waals surface area contributed by atoms with E-state index in [1.807, 2.05) is 18.2 Å². The van der Waals surface area contributed by atoms with Crippen LogP contribution in [0.15, 0.2) is 60.9 Å². The zero-order chi connectivity index (χ0) is 17.9. The van der Waals surface area contributed by atoms with Crippen LogP contribution in [0.1, 0.15) is 18.1 Å². The van der Waals surface area contributed by atoms with Gasteiger partial charge in [0.05, 0.1) is 0 Å². The quantitative estimate of drug-likeness (QED) is 0.744. The fourth-order valence-electron chi connectivity index (χ4n) is 3.52. The van der Waals surface area contributed by atoms with Gasteiger partial charge in [-0.25, -0.2) is 14.4 Å². The van der Waals surface area contributed by atoms with Gasteiger partial charge in [0.2, 0.25) is 0 Å². The molecule has 1 atom stereocenters. The smallest absolute Gasteiger partial charge is 0.138 e. The third-order valence-electron chi connectivity index (χ3n) is 4.77. The van der Waals surface area contributed by atoms with Crippen molar-refractivity contribution in [3.8, 4) is 0 Å². The van der Waals surface area contributed by atoms with E-state index in [2.05, 4.69) is 51.4 Å². The molecule has 4 rings (SSSR count). The first kappa shape index (κ1) is 16.5. The van der Waals surface area contributed by atoms with Crippen LogP contribution < -0.4 is 10.2 Å². The molecule has 0 saturated carbocycles. The fourth-order valence-corrected chi connectivity index (χ4v) is 3.52. The van der Waals surface area contributed by atoms with E-state index in [9.17, 15) is 4.39 Å². The van der Waals surface area contributed by atoms with Crippen LogP contribution in [-0.4, -0.2) is 22.6 Å². The number of para-hydroxylation sites is 1. The number of aromatic nitrogens is 2. The van der Waals surface area contributed by atoms with Gasteiger partial charge in [-0.15, -0.1) is 0 Å². The lowest BCUT2D eigenvalue weighted by atomic mass is 10.1. The summed E-state index contributed by atoms with van der Waals surface area (Å²) in [6, 6.07) is 17.6. The van der Waals surface area contributed by atoms with Crippen LogP contribution in [-0.2, 0) is 12.8 Å². The standard InChI is InChI=1S/C21H21FN4/c1-15-12-17-7-3-5-9-19(17)26(15)21-13-20(24-14-25-21)23-11-10-16-6-2-4-8-18(16)22/h2-9,13-15H,10-12H2,1H3,(H,23,24,25). The van der Waals surface area contributed by atoms with Crippen molar-refractivity contribution >= 4 is 17.3 Å². The van der Waals surface area contributed by atoms with Gasteiger partial charge in [0.1, 0.15) is 23.8 Å². The Morgan fingerprint density at radius 2 is 1.92 bits per heavy atom. The topological polar surface area (TPSA) is 41.0 Å². The second-order valence-electron chi connectivity index (χ2n) is 6.58. The molecule has 1 aliphatic rings. The second kappa shape index (κ2) is 7.12. The maximum Gasteiger partial charge on any atom is 0.138 e. The summed E-state index contributed by atoms with van der Waals surface area (Å²) in [5.41, 5.74) is 3.25. The number of anilines is 3. The highest BCUT2D eigenvalue weighted by molar-refractivity contribution is 5.69. The normalized spacial score (nSPS) is 15.8. The molecule has 2 aromatic carbocycles. The average molecular weight is 348 g/mol. The second-order valence-corrected chi connectivity index (χ2v) is 6.58. The largest absolute Gasteiger partial charge is 0.370 e. The van der Waals surface area contributed by atoms with E-state index in [1.54, 1.807) is 12.4 Å². The van der Waals surface area contributed by atoms with Crippen molar-refractivity contribution in [3.05, 3.63) is 77.9 Å². The van der Waals surface area contributed by atoms with E-state index in [0.717, 1.165) is 18.1 Å². The van der Waals surface area contributed by atoms with Crippen molar-refractivity contribution in [2.45, 2.75) is 25.8 Å². The monoisotopic (exact) mass is 348 g/mol. The van der Waals surface area contributed by atoms with Gasteiger partial charge in [-0.05, 0) is 43.0 Å². The van der Waals surface area contributed by atoms with Gasteiger partial charge in [-0.1, -0.05) is 36.4 Å². The van der Waals surface area contributed by atoms with E-state index in [1.165, 1.54) is 17.3 Å². The Morgan fingerprint density at radius 1 is 1.12 bits per heavy atom. The Hall–Kier alpha value is -2.95. The van der Waals surface area contributed by atoms with E-state index in [0.29, 0.717) is 24.6 Å². The van der Waals surface area contributed by atoms with Crippen molar-refractivity contribution in [1.29, 1.82) is 0 Å². The summed E-state index contributed by atoms with van der Waals surface area (Å²) in [4.78, 5) is 11.0. The minimum absolute atomic E-state index is 0.167. The highest BCUT2D eigenvalue weighted by Gasteiger charge is 2.27. The summed E-state index contributed by atoms with van der Waals surface area (Å²) in [6.07, 6.45) is 3.19. The number of benzene rings is 2. The van der Waals surface area contributed by atoms with Crippen LogP contribution in [0.5, 0.6) is 0 Å². The van der Waals surface area contributed by atoms with Gasteiger partial charge < -0.3 is 10.2 Å². The minimum Gasteiger partial charge on any atom is -0.370 e. The van der Waals surface area contributed by atoms with Crippen molar-refractivity contribution in [3.63, 3.8) is 0 Å². The summed E-state index contributed by atoms with van der Waals surface area (Å²) in [5, 5.41) is 3.28. The molecule has 1 N–H and O–H groups in total. The van der Waals surface area contributed by atoms with E-state index >= 15 is 0 Å². The van der Waals surface area contributed by atoms with Crippen LogP contribution >= 0.6 is 0 Å². The molecule has 132 valence electrons. The Kier molecular flexibility index (Phi) is 4.52. The number of halogens is 1. The first-order valence-corrected chi connectivity index (χ1v) is 8.89. The van der Waals surface area contributed by atoms with Crippen molar-refractivity contribution < 1.29 is 4.39 Å². The zero-order valence-electron chi connectivity index (χ0n) is 14.7. The Labute approximate surface area is 152 Å². The number of hydrogen-bond acceptors (Lipinski definition) is 4. The van der Waals surface area contributed by atoms with Gasteiger partial charge >= 0.3 is 0 Å². The fraction of sp³-hybridized carbons (Fsp3) is 0.238. The summed E-state index contributed by atoms with van der Waals surface area (Å²) >= 11 is 0. The number of nitrogens with zero attached hydrogens (tertiary/aromatic N) is 3. The van der Waals surface area contributed by atoms with Gasteiger partial charge in [0.15, 0.2) is 0 Å². The van der Waals surface area contributed by atoms with Gasteiger partial charge in [-0.2, -0.15) is 0 Å². The molecule has 0 radical (unpaired) electrons. The molecular formula is C21H21FN4. The lowest BCUT2D eigenvalue weighted by Gasteiger charge is -2.24.